The van der Waals surface area contributed by atoms with E-state index >= 15 is 0 Å². The Bertz CT molecular complexity index is 587. The lowest BCUT2D eigenvalue weighted by Gasteiger charge is -2.08. The molecule has 1 N–H and O–H groups in total. The van der Waals surface area contributed by atoms with Gasteiger partial charge in [-0.3, -0.25) is 4.98 Å². The largest absolute Gasteiger partial charge is 0.310 e. The molecule has 0 fully saturated rings. The van der Waals surface area contributed by atoms with Crippen LogP contribution in [0.2, 0.25) is 0 Å². The van der Waals surface area contributed by atoms with Crippen LogP contribution in [0.1, 0.15) is 43.8 Å². The van der Waals surface area contributed by atoms with Crippen molar-refractivity contribution in [3.8, 4) is 10.7 Å². The van der Waals surface area contributed by atoms with Gasteiger partial charge in [0.25, 0.3) is 0 Å². The molecule has 0 aliphatic carbocycles. The highest BCUT2D eigenvalue weighted by Gasteiger charge is 2.15. The SMILES string of the molecule is Cc1cccnc1-c1nc(CC(C)C)c(CNC(C)C)s1. The van der Waals surface area contributed by atoms with Gasteiger partial charge in [0, 0.05) is 23.7 Å². The Morgan fingerprint density at radius 2 is 2.00 bits per heavy atom. The Labute approximate surface area is 131 Å². The van der Waals surface area contributed by atoms with Crippen LogP contribution >= 0.6 is 11.3 Å². The summed E-state index contributed by atoms with van der Waals surface area (Å²) < 4.78 is 0. The molecule has 0 aliphatic rings. The zero-order chi connectivity index (χ0) is 15.4. The zero-order valence-electron chi connectivity index (χ0n) is 13.6. The number of aromatic nitrogens is 2. The zero-order valence-corrected chi connectivity index (χ0v) is 14.4. The van der Waals surface area contributed by atoms with Gasteiger partial charge >= 0.3 is 0 Å². The molecule has 0 amide bonds. The average molecular weight is 303 g/mol. The van der Waals surface area contributed by atoms with E-state index in [0.29, 0.717) is 12.0 Å². The lowest BCUT2D eigenvalue weighted by atomic mass is 10.1. The van der Waals surface area contributed by atoms with Crippen molar-refractivity contribution in [2.45, 2.75) is 53.6 Å². The smallest absolute Gasteiger partial charge is 0.142 e. The minimum atomic E-state index is 0.485. The first-order valence-electron chi connectivity index (χ1n) is 7.61. The van der Waals surface area contributed by atoms with Crippen molar-refractivity contribution in [1.29, 1.82) is 0 Å². The fourth-order valence-corrected chi connectivity index (χ4v) is 3.28. The van der Waals surface area contributed by atoms with Gasteiger partial charge in [-0.05, 0) is 30.9 Å². The van der Waals surface area contributed by atoms with Gasteiger partial charge in [-0.1, -0.05) is 33.8 Å². The quantitative estimate of drug-likeness (QED) is 0.868. The third kappa shape index (κ3) is 4.35. The van der Waals surface area contributed by atoms with Gasteiger partial charge in [-0.2, -0.15) is 0 Å². The topological polar surface area (TPSA) is 37.8 Å². The molecule has 0 saturated carbocycles. The summed E-state index contributed by atoms with van der Waals surface area (Å²) in [5.74, 6) is 0.613. The van der Waals surface area contributed by atoms with E-state index in [4.69, 9.17) is 4.98 Å². The molecule has 0 atom stereocenters. The van der Waals surface area contributed by atoms with E-state index in [1.54, 1.807) is 11.3 Å². The first-order chi connectivity index (χ1) is 9.97. The molecule has 2 rings (SSSR count). The average Bonchev–Trinajstić information content (AvgIpc) is 2.79. The fraction of sp³-hybridized carbons (Fsp3) is 0.529. The summed E-state index contributed by atoms with van der Waals surface area (Å²) in [7, 11) is 0. The maximum atomic E-state index is 4.88. The van der Waals surface area contributed by atoms with Crippen LogP contribution in [0, 0.1) is 12.8 Å². The van der Waals surface area contributed by atoms with Crippen LogP contribution in [0.5, 0.6) is 0 Å². The molecular formula is C17H25N3S. The molecule has 0 saturated heterocycles. The Morgan fingerprint density at radius 3 is 2.62 bits per heavy atom. The van der Waals surface area contributed by atoms with Crippen molar-refractivity contribution >= 4 is 11.3 Å². The van der Waals surface area contributed by atoms with Gasteiger partial charge in [0.05, 0.1) is 5.69 Å². The van der Waals surface area contributed by atoms with E-state index in [1.807, 2.05) is 12.3 Å². The summed E-state index contributed by atoms with van der Waals surface area (Å²) in [4.78, 5) is 10.7. The van der Waals surface area contributed by atoms with E-state index in [2.05, 4.69) is 51.0 Å². The van der Waals surface area contributed by atoms with Crippen molar-refractivity contribution in [3.05, 3.63) is 34.5 Å². The number of pyridine rings is 1. The minimum Gasteiger partial charge on any atom is -0.310 e. The molecule has 114 valence electrons. The van der Waals surface area contributed by atoms with Gasteiger partial charge in [0.1, 0.15) is 10.7 Å². The second kappa shape index (κ2) is 7.14. The maximum Gasteiger partial charge on any atom is 0.142 e. The predicted molar refractivity (Wildman–Crippen MR) is 90.6 cm³/mol. The van der Waals surface area contributed by atoms with Crippen molar-refractivity contribution < 1.29 is 0 Å². The van der Waals surface area contributed by atoms with Crippen LogP contribution in [0.15, 0.2) is 18.3 Å². The number of thiazole rings is 1. The Kier molecular flexibility index (Phi) is 5.48. The molecule has 0 unspecified atom stereocenters. The van der Waals surface area contributed by atoms with Crippen molar-refractivity contribution in [2.75, 3.05) is 0 Å². The highest BCUT2D eigenvalue weighted by Crippen LogP contribution is 2.30. The molecular weight excluding hydrogens is 278 g/mol. The number of rotatable bonds is 6. The van der Waals surface area contributed by atoms with E-state index in [1.165, 1.54) is 16.1 Å². The summed E-state index contributed by atoms with van der Waals surface area (Å²) in [6, 6.07) is 4.56. The first kappa shape index (κ1) is 16.1. The van der Waals surface area contributed by atoms with Gasteiger partial charge in [-0.15, -0.1) is 11.3 Å². The normalized spacial score (nSPS) is 11.6. The molecule has 0 spiro atoms. The van der Waals surface area contributed by atoms with Crippen LogP contribution in [-0.4, -0.2) is 16.0 Å². The lowest BCUT2D eigenvalue weighted by molar-refractivity contribution is 0.581. The van der Waals surface area contributed by atoms with Gasteiger partial charge in [0.2, 0.25) is 0 Å². The molecule has 0 bridgehead atoms. The van der Waals surface area contributed by atoms with Crippen molar-refractivity contribution in [2.24, 2.45) is 5.92 Å². The minimum absolute atomic E-state index is 0.485. The molecule has 3 nitrogen and oxygen atoms in total. The predicted octanol–water partition coefficient (Wildman–Crippen LogP) is 4.21. The van der Waals surface area contributed by atoms with E-state index in [0.717, 1.165) is 23.7 Å². The van der Waals surface area contributed by atoms with Crippen LogP contribution in [0.3, 0.4) is 0 Å². The third-order valence-electron chi connectivity index (χ3n) is 3.26. The summed E-state index contributed by atoms with van der Waals surface area (Å²) in [6.07, 6.45) is 2.87. The van der Waals surface area contributed by atoms with E-state index < -0.39 is 0 Å². The number of hydrogen-bond donors (Lipinski definition) is 1. The van der Waals surface area contributed by atoms with Gasteiger partial charge in [0.15, 0.2) is 0 Å². The van der Waals surface area contributed by atoms with Crippen LogP contribution < -0.4 is 5.32 Å². The Morgan fingerprint density at radius 1 is 1.24 bits per heavy atom. The van der Waals surface area contributed by atoms with Crippen molar-refractivity contribution in [1.82, 2.24) is 15.3 Å². The molecule has 0 aliphatic heterocycles. The second-order valence-corrected chi connectivity index (χ2v) is 7.27. The molecule has 2 heterocycles. The van der Waals surface area contributed by atoms with Crippen LogP contribution in [0.4, 0.5) is 0 Å². The first-order valence-corrected chi connectivity index (χ1v) is 8.43. The summed E-state index contributed by atoms with van der Waals surface area (Å²) in [5, 5.41) is 4.55. The standard InChI is InChI=1S/C17H25N3S/c1-11(2)9-14-15(10-19-12(3)4)21-17(20-14)16-13(5)7-6-8-18-16/h6-8,11-12,19H,9-10H2,1-5H3. The highest BCUT2D eigenvalue weighted by molar-refractivity contribution is 7.15. The molecule has 2 aromatic heterocycles. The monoisotopic (exact) mass is 303 g/mol. The molecule has 2 aromatic rings. The molecule has 21 heavy (non-hydrogen) atoms. The lowest BCUT2D eigenvalue weighted by Crippen LogP contribution is -2.22. The van der Waals surface area contributed by atoms with Crippen LogP contribution in [-0.2, 0) is 13.0 Å². The molecule has 0 radical (unpaired) electrons. The summed E-state index contributed by atoms with van der Waals surface area (Å²) in [6.45, 7) is 11.8. The van der Waals surface area contributed by atoms with Gasteiger partial charge in [-0.25, -0.2) is 4.98 Å². The number of aryl methyl sites for hydroxylation is 1. The second-order valence-electron chi connectivity index (χ2n) is 6.19. The number of nitrogens with one attached hydrogen (secondary N) is 1. The highest BCUT2D eigenvalue weighted by atomic mass is 32.1. The third-order valence-corrected chi connectivity index (χ3v) is 4.37. The Balaban J connectivity index is 2.33. The van der Waals surface area contributed by atoms with Gasteiger partial charge < -0.3 is 5.32 Å². The maximum absolute atomic E-state index is 4.88. The number of nitrogens with zero attached hydrogens (tertiary/aromatic N) is 2. The van der Waals surface area contributed by atoms with E-state index in [-0.39, 0.29) is 0 Å². The number of hydrogen-bond acceptors (Lipinski definition) is 4. The molecule has 0 aromatic carbocycles. The summed E-state index contributed by atoms with van der Waals surface area (Å²) >= 11 is 1.77. The van der Waals surface area contributed by atoms with Crippen molar-refractivity contribution in [3.63, 3.8) is 0 Å². The fourth-order valence-electron chi connectivity index (χ4n) is 2.18. The van der Waals surface area contributed by atoms with E-state index in [9.17, 15) is 0 Å². The Hall–Kier alpha value is -1.26. The van der Waals surface area contributed by atoms with Crippen LogP contribution in [0.25, 0.3) is 10.7 Å². The molecule has 4 heteroatoms. The summed E-state index contributed by atoms with van der Waals surface area (Å²) in [5.41, 5.74) is 3.43.